The van der Waals surface area contributed by atoms with Crippen LogP contribution < -0.4 is 14.9 Å². The van der Waals surface area contributed by atoms with E-state index in [1.165, 1.54) is 49.7 Å². The number of benzene rings is 4. The first-order valence-electron chi connectivity index (χ1n) is 24.9. The molecule has 8 fully saturated rings. The van der Waals surface area contributed by atoms with Crippen LogP contribution in [-0.4, -0.2) is 12.1 Å². The Kier molecular flexibility index (Phi) is 13.1. The number of ether oxygens (including phenoxy) is 1. The van der Waals surface area contributed by atoms with Crippen LogP contribution in [0.5, 0.6) is 17.2 Å². The molecule has 4 aromatic carbocycles. The van der Waals surface area contributed by atoms with E-state index in [1.807, 2.05) is 12.1 Å². The van der Waals surface area contributed by atoms with E-state index in [1.54, 1.807) is 7.11 Å². The fourth-order valence-corrected chi connectivity index (χ4v) is 15.3. The van der Waals surface area contributed by atoms with Gasteiger partial charge in [-0.05, 0) is 205 Å². The summed E-state index contributed by atoms with van der Waals surface area (Å²) in [6.45, 7) is 17.9. The smallest absolute Gasteiger partial charge is 0.872 e. The van der Waals surface area contributed by atoms with Crippen molar-refractivity contribution in [2.45, 2.75) is 154 Å². The molecule has 67 heavy (non-hydrogen) atoms. The summed E-state index contributed by atoms with van der Waals surface area (Å²) in [5, 5.41) is 30.7. The van der Waals surface area contributed by atoms with Gasteiger partial charge < -0.3 is 29.8 Å². The molecule has 1 aromatic heterocycles. The molecule has 5 heteroatoms. The van der Waals surface area contributed by atoms with Crippen LogP contribution in [0.15, 0.2) is 72.8 Å². The molecule has 0 radical (unpaired) electrons. The number of aromatic nitrogens is 1. The molecular weight excluding hydrogens is 985 g/mol. The van der Waals surface area contributed by atoms with E-state index in [9.17, 15) is 0 Å². The Hall–Kier alpha value is -3.70. The summed E-state index contributed by atoms with van der Waals surface area (Å²) in [4.78, 5) is 5.55. The quantitative estimate of drug-likeness (QED) is 0.120. The molecule has 4 nitrogen and oxygen atoms in total. The van der Waals surface area contributed by atoms with E-state index in [2.05, 4.69) is 116 Å². The molecule has 0 amide bonds. The van der Waals surface area contributed by atoms with Crippen molar-refractivity contribution >= 4 is 0 Å². The van der Waals surface area contributed by atoms with E-state index in [-0.39, 0.29) is 73.9 Å². The minimum Gasteiger partial charge on any atom is -0.872 e. The summed E-state index contributed by atoms with van der Waals surface area (Å²) in [5.74, 6) is 5.53. The first kappa shape index (κ1) is 49.7. The fraction of sp³-hybridized carbons (Fsp3) is 0.500. The summed E-state index contributed by atoms with van der Waals surface area (Å²) in [6, 6.07) is 26.1. The van der Waals surface area contributed by atoms with E-state index in [4.69, 9.17) is 9.72 Å². The first-order valence-corrected chi connectivity index (χ1v) is 24.9. The third kappa shape index (κ3) is 8.60. The monoisotopic (exact) mass is 1060 g/mol. The van der Waals surface area contributed by atoms with Gasteiger partial charge in [-0.25, -0.2) is 4.98 Å². The van der Waals surface area contributed by atoms with Crippen LogP contribution in [0.2, 0.25) is 0 Å². The molecule has 350 valence electrons. The maximum absolute atomic E-state index is 15.4. The zero-order valence-corrected chi connectivity index (χ0v) is 46.1. The van der Waals surface area contributed by atoms with E-state index < -0.39 is 0 Å². The number of rotatable bonds is 7. The third-order valence-corrected chi connectivity index (χ3v) is 17.6. The maximum atomic E-state index is 15.4. The summed E-state index contributed by atoms with van der Waals surface area (Å²) < 4.78 is 6.12. The van der Waals surface area contributed by atoms with Crippen LogP contribution in [0.3, 0.4) is 0 Å². The van der Waals surface area contributed by atoms with Crippen molar-refractivity contribution in [1.29, 1.82) is 0 Å². The first-order chi connectivity index (χ1) is 30.4. The Morgan fingerprint density at radius 3 is 1.10 bits per heavy atom. The van der Waals surface area contributed by atoms with Gasteiger partial charge >= 0.3 is 25.8 Å². The van der Waals surface area contributed by atoms with Gasteiger partial charge in [0.15, 0.2) is 0 Å². The van der Waals surface area contributed by atoms with Crippen LogP contribution in [0.25, 0.3) is 44.8 Å². The predicted octanol–water partition coefficient (Wildman–Crippen LogP) is 15.0. The Labute approximate surface area is 423 Å². The van der Waals surface area contributed by atoms with Crippen LogP contribution in [0.4, 0.5) is 0 Å². The van der Waals surface area contributed by atoms with Gasteiger partial charge in [-0.3, -0.25) is 0 Å². The Morgan fingerprint density at radius 2 is 0.806 bits per heavy atom. The van der Waals surface area contributed by atoms with E-state index in [0.717, 1.165) is 141 Å². The van der Waals surface area contributed by atoms with E-state index >= 15 is 10.2 Å². The van der Waals surface area contributed by atoms with Crippen LogP contribution in [-0.2, 0) is 47.5 Å². The third-order valence-electron chi connectivity index (χ3n) is 17.6. The number of hydrogen-bond acceptors (Lipinski definition) is 4. The molecule has 0 N–H and O–H groups in total. The van der Waals surface area contributed by atoms with Gasteiger partial charge in [-0.15, -0.1) is 0 Å². The van der Waals surface area contributed by atoms with Crippen molar-refractivity contribution in [2.75, 3.05) is 7.11 Å². The topological polar surface area (TPSA) is 68.2 Å². The fourth-order valence-electron chi connectivity index (χ4n) is 15.3. The zero-order chi connectivity index (χ0) is 44.7. The second-order valence-electron chi connectivity index (χ2n) is 24.6. The second kappa shape index (κ2) is 17.6. The van der Waals surface area contributed by atoms with Gasteiger partial charge in [0.05, 0.1) is 18.5 Å². The van der Waals surface area contributed by atoms with Crippen molar-refractivity contribution in [1.82, 2.24) is 4.98 Å². The van der Waals surface area contributed by atoms with Crippen molar-refractivity contribution in [3.8, 4) is 62.0 Å². The van der Waals surface area contributed by atoms with Crippen molar-refractivity contribution in [2.24, 2.45) is 35.5 Å². The molecule has 8 aliphatic carbocycles. The molecule has 0 aliphatic heterocycles. The molecule has 0 saturated heterocycles. The average Bonchev–Trinajstić information content (AvgIpc) is 3.22. The molecule has 13 rings (SSSR count). The SMILES string of the molecule is COc1cc(-c2cc(C)ccc2-c2cc(C(C)(C)C)cc(C34CC5CC(CC(C5)C3)C4)c2[O-])nc(-c2cc(C)ccc2-c2cc(C(C)(C)C)cc(C34CC5CC(CC(C5)C3)C4)c2[O-])c1.[CH3-].[CH3-].[Hf+4]. The number of pyridine rings is 1. The molecule has 5 aromatic rings. The molecule has 8 aliphatic rings. The number of hydrogen-bond donors (Lipinski definition) is 0. The van der Waals surface area contributed by atoms with Crippen molar-refractivity contribution < 1.29 is 40.8 Å². The van der Waals surface area contributed by atoms with Gasteiger partial charge in [0.25, 0.3) is 0 Å². The van der Waals surface area contributed by atoms with Crippen molar-refractivity contribution in [3.05, 3.63) is 121 Å². The number of aryl methyl sites for hydroxylation is 2. The molecular formula is C62H75HfNO3. The molecule has 0 atom stereocenters. The van der Waals surface area contributed by atoms with Gasteiger partial charge in [0, 0.05) is 23.3 Å². The summed E-state index contributed by atoms with van der Waals surface area (Å²) in [6.07, 6.45) is 14.9. The van der Waals surface area contributed by atoms with Crippen LogP contribution in [0, 0.1) is 64.2 Å². The second-order valence-corrected chi connectivity index (χ2v) is 24.6. The minimum absolute atomic E-state index is 0. The summed E-state index contributed by atoms with van der Waals surface area (Å²) >= 11 is 0. The van der Waals surface area contributed by atoms with Crippen LogP contribution >= 0.6 is 0 Å². The molecule has 1 heterocycles. The largest absolute Gasteiger partial charge is 4.00 e. The van der Waals surface area contributed by atoms with Crippen molar-refractivity contribution in [3.63, 3.8) is 0 Å². The van der Waals surface area contributed by atoms with Crippen LogP contribution in [0.1, 0.15) is 152 Å². The average molecular weight is 1060 g/mol. The molecule has 0 unspecified atom stereocenters. The zero-order valence-electron chi connectivity index (χ0n) is 42.5. The Bertz CT molecular complexity index is 2440. The Balaban J connectivity index is 0.00000203. The molecule has 0 spiro atoms. The van der Waals surface area contributed by atoms with E-state index in [0.29, 0.717) is 5.75 Å². The summed E-state index contributed by atoms with van der Waals surface area (Å²) in [5.41, 5.74) is 13.2. The van der Waals surface area contributed by atoms with Gasteiger partial charge in [-0.1, -0.05) is 113 Å². The normalized spacial score (nSPS) is 27.8. The number of nitrogens with zero attached hydrogens (tertiary/aromatic N) is 1. The molecule has 8 saturated carbocycles. The summed E-state index contributed by atoms with van der Waals surface area (Å²) in [7, 11) is 1.72. The van der Waals surface area contributed by atoms with Gasteiger partial charge in [-0.2, -0.15) is 0 Å². The standard InChI is InChI=1S/C60H71NO3.2CH3.Hf/c1-34-10-12-45(49-22-42(57(3,4)5)24-51(55(49)62)59-28-36-16-37(29-59)18-38(17-36)30-59)47(14-34)53-26-44(64-9)27-54(61-53)48-15-35(2)11-13-46(48)50-23-43(58(6,7)8)25-52(56(50)63)60-31-39-19-40(32-60)21-41(20-39)33-60;;;/h10-15,22-27,36-41,62-63H,16-21,28-33H2,1-9H3;2*1H3;/q;2*-1;+4/p-2. The maximum Gasteiger partial charge on any atom is 4.00 e. The predicted molar refractivity (Wildman–Crippen MR) is 271 cm³/mol. The van der Waals surface area contributed by atoms with Gasteiger partial charge in [0.1, 0.15) is 5.75 Å². The number of methoxy groups -OCH3 is 1. The van der Waals surface area contributed by atoms with Gasteiger partial charge in [0.2, 0.25) is 0 Å². The Morgan fingerprint density at radius 1 is 0.478 bits per heavy atom. The molecule has 8 bridgehead atoms. The minimum atomic E-state index is -0.131.